The zero-order chi connectivity index (χ0) is 16.5. The molecular weight excluding hydrogens is 305 g/mol. The van der Waals surface area contributed by atoms with E-state index in [0.29, 0.717) is 5.71 Å². The summed E-state index contributed by atoms with van der Waals surface area (Å²) in [7, 11) is 0. The molecule has 0 fully saturated rings. The topological polar surface area (TPSA) is 38.7 Å². The number of benzene rings is 3. The van der Waals surface area contributed by atoms with Crippen LogP contribution < -0.4 is 0 Å². The first-order valence-corrected chi connectivity index (χ1v) is 7.49. The van der Waals surface area contributed by atoms with Crippen LogP contribution in [0.15, 0.2) is 78.0 Å². The summed E-state index contributed by atoms with van der Waals surface area (Å²) in [6.45, 7) is 0. The normalized spacial score (nSPS) is 11.6. The first-order chi connectivity index (χ1) is 11.8. The van der Waals surface area contributed by atoms with E-state index < -0.39 is 11.8 Å². The first kappa shape index (κ1) is 14.3. The molecule has 1 aliphatic carbocycles. The molecule has 1 aliphatic rings. The first-order valence-electron chi connectivity index (χ1n) is 7.49. The molecule has 0 N–H and O–H groups in total. The number of nitrogens with zero attached hydrogens (tertiary/aromatic N) is 1. The van der Waals surface area contributed by atoms with E-state index in [1.165, 1.54) is 18.2 Å². The van der Waals surface area contributed by atoms with Crippen molar-refractivity contribution in [1.82, 2.24) is 0 Å². The van der Waals surface area contributed by atoms with Crippen molar-refractivity contribution in [3.63, 3.8) is 0 Å². The molecule has 3 aromatic carbocycles. The molecule has 0 aromatic heterocycles. The summed E-state index contributed by atoms with van der Waals surface area (Å²) in [5.74, 6) is -1.45. The van der Waals surface area contributed by atoms with Crippen molar-refractivity contribution in [3.8, 4) is 11.1 Å². The van der Waals surface area contributed by atoms with Crippen molar-refractivity contribution < 1.29 is 14.0 Å². The number of carbonyl (C=O) groups excluding carboxylic acids is 1. The summed E-state index contributed by atoms with van der Waals surface area (Å²) in [4.78, 5) is 17.1. The quantitative estimate of drug-likeness (QED) is 0.405. The molecule has 4 heteroatoms. The maximum atomic E-state index is 13.7. The summed E-state index contributed by atoms with van der Waals surface area (Å²) in [5, 5.41) is 4.02. The Labute approximate surface area is 138 Å². The second kappa shape index (κ2) is 5.74. The van der Waals surface area contributed by atoms with Crippen LogP contribution in [0.2, 0.25) is 0 Å². The summed E-state index contributed by atoms with van der Waals surface area (Å²) in [5.41, 5.74) is 4.29. The van der Waals surface area contributed by atoms with Gasteiger partial charge in [-0.3, -0.25) is 0 Å². The number of halogens is 1. The molecule has 0 bridgehead atoms. The minimum absolute atomic E-state index is 0.138. The van der Waals surface area contributed by atoms with Gasteiger partial charge in [-0.2, -0.15) is 0 Å². The maximum Gasteiger partial charge on any atom is 0.368 e. The Kier molecular flexibility index (Phi) is 3.43. The standard InChI is InChI=1S/C20H12FNO2/c21-18-12-6-5-11-17(18)20(23)24-22-19-15-9-3-1-7-13(15)14-8-2-4-10-16(14)19/h1-12H. The second-order valence-electron chi connectivity index (χ2n) is 5.39. The van der Waals surface area contributed by atoms with Gasteiger partial charge in [0.1, 0.15) is 11.5 Å². The Balaban J connectivity index is 1.73. The highest BCUT2D eigenvalue weighted by Gasteiger charge is 2.25. The van der Waals surface area contributed by atoms with Crippen LogP contribution >= 0.6 is 0 Å². The molecule has 3 nitrogen and oxygen atoms in total. The molecule has 3 aromatic rings. The molecule has 0 spiro atoms. The van der Waals surface area contributed by atoms with Crippen molar-refractivity contribution in [2.24, 2.45) is 5.16 Å². The van der Waals surface area contributed by atoms with Crippen LogP contribution in [-0.2, 0) is 4.84 Å². The summed E-state index contributed by atoms with van der Waals surface area (Å²) >= 11 is 0. The molecule has 0 unspecified atom stereocenters. The third-order valence-corrected chi connectivity index (χ3v) is 3.97. The van der Waals surface area contributed by atoms with Crippen LogP contribution in [0, 0.1) is 5.82 Å². The second-order valence-corrected chi connectivity index (χ2v) is 5.39. The van der Waals surface area contributed by atoms with Crippen LogP contribution in [0.25, 0.3) is 11.1 Å². The van der Waals surface area contributed by atoms with Crippen LogP contribution in [-0.4, -0.2) is 11.7 Å². The highest BCUT2D eigenvalue weighted by atomic mass is 19.1. The summed E-state index contributed by atoms with van der Waals surface area (Å²) in [6, 6.07) is 21.2. The van der Waals surface area contributed by atoms with Crippen molar-refractivity contribution in [3.05, 3.63) is 95.3 Å². The van der Waals surface area contributed by atoms with Gasteiger partial charge in [-0.15, -0.1) is 0 Å². The molecule has 0 radical (unpaired) electrons. The number of hydrogen-bond donors (Lipinski definition) is 0. The Hall–Kier alpha value is -3.27. The Morgan fingerprint density at radius 3 is 1.83 bits per heavy atom. The van der Waals surface area contributed by atoms with E-state index in [-0.39, 0.29) is 5.56 Å². The van der Waals surface area contributed by atoms with Crippen LogP contribution in [0.1, 0.15) is 21.5 Å². The lowest BCUT2D eigenvalue weighted by molar-refractivity contribution is 0.0512. The van der Waals surface area contributed by atoms with Gasteiger partial charge in [0.05, 0.1) is 5.56 Å². The van der Waals surface area contributed by atoms with Crippen LogP contribution in [0.4, 0.5) is 4.39 Å². The van der Waals surface area contributed by atoms with E-state index in [9.17, 15) is 9.18 Å². The number of carbonyl (C=O) groups is 1. The minimum Gasteiger partial charge on any atom is -0.312 e. The fourth-order valence-electron chi connectivity index (χ4n) is 2.86. The molecule has 0 heterocycles. The third kappa shape index (κ3) is 2.29. The highest BCUT2D eigenvalue weighted by Crippen LogP contribution is 2.36. The van der Waals surface area contributed by atoms with Crippen molar-refractivity contribution >= 4 is 11.7 Å². The predicted octanol–water partition coefficient (Wildman–Crippen LogP) is 4.42. The van der Waals surface area contributed by atoms with E-state index in [1.807, 2.05) is 48.5 Å². The maximum absolute atomic E-state index is 13.7. The number of hydrogen-bond acceptors (Lipinski definition) is 3. The minimum atomic E-state index is -0.817. The van der Waals surface area contributed by atoms with Crippen LogP contribution in [0.3, 0.4) is 0 Å². The lowest BCUT2D eigenvalue weighted by Crippen LogP contribution is -2.07. The largest absolute Gasteiger partial charge is 0.368 e. The van der Waals surface area contributed by atoms with E-state index >= 15 is 0 Å². The molecule has 0 amide bonds. The van der Waals surface area contributed by atoms with Gasteiger partial charge < -0.3 is 4.84 Å². The van der Waals surface area contributed by atoms with E-state index in [4.69, 9.17) is 4.84 Å². The van der Waals surface area contributed by atoms with Crippen molar-refractivity contribution in [2.75, 3.05) is 0 Å². The lowest BCUT2D eigenvalue weighted by atomic mass is 10.1. The van der Waals surface area contributed by atoms with Gasteiger partial charge in [-0.1, -0.05) is 65.8 Å². The number of fused-ring (bicyclic) bond motifs is 3. The molecule has 0 aliphatic heterocycles. The van der Waals surface area contributed by atoms with Gasteiger partial charge in [0.15, 0.2) is 0 Å². The predicted molar refractivity (Wildman–Crippen MR) is 89.3 cm³/mol. The van der Waals surface area contributed by atoms with Gasteiger partial charge in [-0.05, 0) is 23.3 Å². The molecule has 0 saturated heterocycles. The molecule has 116 valence electrons. The van der Waals surface area contributed by atoms with E-state index in [1.54, 1.807) is 6.07 Å². The van der Waals surface area contributed by atoms with Crippen molar-refractivity contribution in [2.45, 2.75) is 0 Å². The third-order valence-electron chi connectivity index (χ3n) is 3.97. The highest BCUT2D eigenvalue weighted by molar-refractivity contribution is 6.24. The molecular formula is C20H12FNO2. The zero-order valence-electron chi connectivity index (χ0n) is 12.6. The molecule has 0 atom stereocenters. The number of rotatable bonds is 2. The van der Waals surface area contributed by atoms with E-state index in [2.05, 4.69) is 5.16 Å². The fraction of sp³-hybridized carbons (Fsp3) is 0. The molecule has 24 heavy (non-hydrogen) atoms. The molecule has 0 saturated carbocycles. The molecule has 4 rings (SSSR count). The van der Waals surface area contributed by atoms with Gasteiger partial charge in [0.25, 0.3) is 0 Å². The van der Waals surface area contributed by atoms with Gasteiger partial charge in [-0.25, -0.2) is 9.18 Å². The van der Waals surface area contributed by atoms with Gasteiger partial charge in [0.2, 0.25) is 0 Å². The average molecular weight is 317 g/mol. The average Bonchev–Trinajstić information content (AvgIpc) is 2.94. The summed E-state index contributed by atoms with van der Waals surface area (Å²) in [6.07, 6.45) is 0. The van der Waals surface area contributed by atoms with E-state index in [0.717, 1.165) is 22.3 Å². The van der Waals surface area contributed by atoms with Gasteiger partial charge in [0, 0.05) is 11.1 Å². The monoisotopic (exact) mass is 317 g/mol. The van der Waals surface area contributed by atoms with Crippen LogP contribution in [0.5, 0.6) is 0 Å². The zero-order valence-corrected chi connectivity index (χ0v) is 12.6. The summed E-state index contributed by atoms with van der Waals surface area (Å²) < 4.78 is 13.7. The number of oxime groups is 1. The fourth-order valence-corrected chi connectivity index (χ4v) is 2.86. The van der Waals surface area contributed by atoms with Gasteiger partial charge >= 0.3 is 5.97 Å². The Morgan fingerprint density at radius 1 is 0.750 bits per heavy atom. The van der Waals surface area contributed by atoms with Crippen molar-refractivity contribution in [1.29, 1.82) is 0 Å². The SMILES string of the molecule is O=C(ON=C1c2ccccc2-c2ccccc21)c1ccccc1F. The Bertz CT molecular complexity index is 931. The lowest BCUT2D eigenvalue weighted by Gasteiger charge is -2.02. The Morgan fingerprint density at radius 2 is 1.25 bits per heavy atom. The smallest absolute Gasteiger partial charge is 0.312 e.